The van der Waals surface area contributed by atoms with Crippen LogP contribution in [0.5, 0.6) is 0 Å². The van der Waals surface area contributed by atoms with E-state index in [1.165, 1.54) is 0 Å². The molecule has 1 aliphatic heterocycles. The molecule has 0 radical (unpaired) electrons. The summed E-state index contributed by atoms with van der Waals surface area (Å²) in [7, 11) is 0. The predicted molar refractivity (Wildman–Crippen MR) is 68.5 cm³/mol. The van der Waals surface area contributed by atoms with Gasteiger partial charge in [-0.15, -0.1) is 0 Å². The van der Waals surface area contributed by atoms with Crippen molar-refractivity contribution >= 4 is 5.91 Å². The number of nitrogens with two attached hydrogens (primary N) is 1. The minimum atomic E-state index is 0.203. The van der Waals surface area contributed by atoms with Gasteiger partial charge in [0.1, 0.15) is 0 Å². The Kier molecular flexibility index (Phi) is 6.52. The Morgan fingerprint density at radius 3 is 2.82 bits per heavy atom. The summed E-state index contributed by atoms with van der Waals surface area (Å²) in [4.78, 5) is 13.8. The van der Waals surface area contributed by atoms with E-state index in [2.05, 4.69) is 6.92 Å². The van der Waals surface area contributed by atoms with Crippen LogP contribution in [-0.2, 0) is 4.79 Å². The van der Waals surface area contributed by atoms with Crippen LogP contribution < -0.4 is 5.73 Å². The summed E-state index contributed by atoms with van der Waals surface area (Å²) in [5.74, 6) is 1.13. The number of likely N-dealkylation sites (tertiary alicyclic amines) is 1. The third-order valence-electron chi connectivity index (χ3n) is 3.82. The van der Waals surface area contributed by atoms with Gasteiger partial charge in [-0.2, -0.15) is 0 Å². The quantitative estimate of drug-likeness (QED) is 0.699. The molecule has 0 saturated carbocycles. The first-order valence-electron chi connectivity index (χ1n) is 6.79. The van der Waals surface area contributed by atoms with Gasteiger partial charge in [-0.05, 0) is 31.7 Å². The zero-order chi connectivity index (χ0) is 12.7. The lowest BCUT2D eigenvalue weighted by Gasteiger charge is -2.18. The fraction of sp³-hybridized carbons (Fsp3) is 0.923. The summed E-state index contributed by atoms with van der Waals surface area (Å²) >= 11 is 0. The number of nitrogens with zero attached hydrogens (tertiary/aromatic N) is 1. The van der Waals surface area contributed by atoms with Gasteiger partial charge in [0, 0.05) is 32.0 Å². The molecule has 1 amide bonds. The van der Waals surface area contributed by atoms with Gasteiger partial charge in [0.25, 0.3) is 0 Å². The summed E-state index contributed by atoms with van der Waals surface area (Å²) < 4.78 is 0. The van der Waals surface area contributed by atoms with E-state index in [4.69, 9.17) is 10.8 Å². The van der Waals surface area contributed by atoms with Crippen LogP contribution in [0.2, 0.25) is 0 Å². The number of hydrogen-bond donors (Lipinski definition) is 2. The van der Waals surface area contributed by atoms with Crippen LogP contribution in [0.3, 0.4) is 0 Å². The molecule has 1 aliphatic rings. The lowest BCUT2D eigenvalue weighted by molar-refractivity contribution is -0.130. The number of carbonyl (C=O) groups is 1. The Labute approximate surface area is 104 Å². The summed E-state index contributed by atoms with van der Waals surface area (Å²) in [5.41, 5.74) is 5.55. The highest BCUT2D eigenvalue weighted by Gasteiger charge is 2.25. The van der Waals surface area contributed by atoms with Gasteiger partial charge in [-0.1, -0.05) is 13.3 Å². The van der Waals surface area contributed by atoms with Gasteiger partial charge >= 0.3 is 0 Å². The molecule has 1 heterocycles. The highest BCUT2D eigenvalue weighted by Crippen LogP contribution is 2.19. The highest BCUT2D eigenvalue weighted by molar-refractivity contribution is 5.76. The molecule has 1 fully saturated rings. The maximum Gasteiger partial charge on any atom is 0.222 e. The fourth-order valence-corrected chi connectivity index (χ4v) is 2.48. The lowest BCUT2D eigenvalue weighted by atomic mass is 9.96. The smallest absolute Gasteiger partial charge is 0.222 e. The average Bonchev–Trinajstić information content (AvgIpc) is 2.82. The first-order valence-corrected chi connectivity index (χ1v) is 6.79. The van der Waals surface area contributed by atoms with Gasteiger partial charge in [0.15, 0.2) is 0 Å². The molecule has 2 atom stereocenters. The molecule has 3 N–H and O–H groups in total. The number of hydrogen-bond acceptors (Lipinski definition) is 3. The lowest BCUT2D eigenvalue weighted by Crippen LogP contribution is -2.29. The van der Waals surface area contributed by atoms with Crippen LogP contribution in [0.4, 0.5) is 0 Å². The Morgan fingerprint density at radius 2 is 2.29 bits per heavy atom. The van der Waals surface area contributed by atoms with Crippen molar-refractivity contribution in [3.63, 3.8) is 0 Å². The summed E-state index contributed by atoms with van der Waals surface area (Å²) in [6, 6.07) is 0. The van der Waals surface area contributed by atoms with Gasteiger partial charge in [0.2, 0.25) is 5.91 Å². The van der Waals surface area contributed by atoms with Crippen molar-refractivity contribution < 1.29 is 9.90 Å². The third-order valence-corrected chi connectivity index (χ3v) is 3.82. The topological polar surface area (TPSA) is 66.6 Å². The molecule has 0 aliphatic carbocycles. The van der Waals surface area contributed by atoms with E-state index < -0.39 is 0 Å². The Bertz CT molecular complexity index is 233. The van der Waals surface area contributed by atoms with Gasteiger partial charge in [0.05, 0.1) is 0 Å². The zero-order valence-electron chi connectivity index (χ0n) is 10.9. The van der Waals surface area contributed by atoms with Gasteiger partial charge in [-0.25, -0.2) is 0 Å². The molecular weight excluding hydrogens is 216 g/mol. The van der Waals surface area contributed by atoms with Crippen LogP contribution >= 0.6 is 0 Å². The molecule has 0 aromatic heterocycles. The first kappa shape index (κ1) is 14.5. The minimum Gasteiger partial charge on any atom is -0.396 e. The third kappa shape index (κ3) is 4.64. The maximum absolute atomic E-state index is 11.9. The standard InChI is InChI=1S/C13H26N2O2/c1-2-11(5-7-14)3-4-13(17)15-8-6-12(9-15)10-16/h11-12,16H,2-10,14H2,1H3. The molecule has 0 aromatic rings. The summed E-state index contributed by atoms with van der Waals surface area (Å²) in [5, 5.41) is 9.04. The SMILES string of the molecule is CCC(CCN)CCC(=O)N1CCC(CO)C1. The van der Waals surface area contributed by atoms with Crippen molar-refractivity contribution in [2.45, 2.75) is 39.0 Å². The maximum atomic E-state index is 11.9. The van der Waals surface area contributed by atoms with Crippen molar-refractivity contribution in [3.05, 3.63) is 0 Å². The number of aliphatic hydroxyl groups is 1. The van der Waals surface area contributed by atoms with Crippen LogP contribution in [0.1, 0.15) is 39.0 Å². The molecule has 1 rings (SSSR count). The van der Waals surface area contributed by atoms with E-state index >= 15 is 0 Å². The second-order valence-electron chi connectivity index (χ2n) is 5.07. The Hall–Kier alpha value is -0.610. The van der Waals surface area contributed by atoms with E-state index in [0.717, 1.165) is 38.8 Å². The summed E-state index contributed by atoms with van der Waals surface area (Å²) in [6.45, 7) is 4.63. The monoisotopic (exact) mass is 242 g/mol. The average molecular weight is 242 g/mol. The molecule has 0 bridgehead atoms. The van der Waals surface area contributed by atoms with E-state index in [1.807, 2.05) is 4.90 Å². The molecular formula is C13H26N2O2. The van der Waals surface area contributed by atoms with E-state index in [9.17, 15) is 4.79 Å². The van der Waals surface area contributed by atoms with Gasteiger partial charge in [-0.3, -0.25) is 4.79 Å². The Balaban J connectivity index is 2.25. The molecule has 2 unspecified atom stereocenters. The van der Waals surface area contributed by atoms with Crippen LogP contribution in [0.15, 0.2) is 0 Å². The molecule has 1 saturated heterocycles. The van der Waals surface area contributed by atoms with Crippen LogP contribution in [0.25, 0.3) is 0 Å². The first-order chi connectivity index (χ1) is 8.21. The molecule has 0 spiro atoms. The van der Waals surface area contributed by atoms with Crippen molar-refractivity contribution in [1.29, 1.82) is 0 Å². The molecule has 0 aromatic carbocycles. The van der Waals surface area contributed by atoms with Crippen molar-refractivity contribution in [1.82, 2.24) is 4.90 Å². The molecule has 4 nitrogen and oxygen atoms in total. The minimum absolute atomic E-state index is 0.203. The number of amides is 1. The van der Waals surface area contributed by atoms with Crippen LogP contribution in [0, 0.1) is 11.8 Å². The predicted octanol–water partition coefficient (Wildman–Crippen LogP) is 0.982. The highest BCUT2D eigenvalue weighted by atomic mass is 16.3. The van der Waals surface area contributed by atoms with Crippen LogP contribution in [-0.4, -0.2) is 42.2 Å². The van der Waals surface area contributed by atoms with E-state index in [-0.39, 0.29) is 12.5 Å². The van der Waals surface area contributed by atoms with E-state index in [0.29, 0.717) is 24.8 Å². The summed E-state index contributed by atoms with van der Waals surface area (Å²) in [6.07, 6.45) is 4.65. The van der Waals surface area contributed by atoms with Crippen molar-refractivity contribution in [2.75, 3.05) is 26.2 Å². The van der Waals surface area contributed by atoms with Crippen molar-refractivity contribution in [3.8, 4) is 0 Å². The fourth-order valence-electron chi connectivity index (χ4n) is 2.48. The molecule has 100 valence electrons. The largest absolute Gasteiger partial charge is 0.396 e. The second kappa shape index (κ2) is 7.67. The Morgan fingerprint density at radius 1 is 1.53 bits per heavy atom. The number of rotatable bonds is 7. The zero-order valence-corrected chi connectivity index (χ0v) is 10.9. The van der Waals surface area contributed by atoms with Crippen molar-refractivity contribution in [2.24, 2.45) is 17.6 Å². The van der Waals surface area contributed by atoms with E-state index in [1.54, 1.807) is 0 Å². The molecule has 17 heavy (non-hydrogen) atoms. The number of carbonyl (C=O) groups excluding carboxylic acids is 1. The number of aliphatic hydroxyl groups excluding tert-OH is 1. The van der Waals surface area contributed by atoms with Gasteiger partial charge < -0.3 is 15.7 Å². The molecule has 4 heteroatoms. The second-order valence-corrected chi connectivity index (χ2v) is 5.07. The normalized spacial score (nSPS) is 21.8.